The SMILES string of the molecule is CCN(C)CCNCCc1ccc(F)cc1F. The van der Waals surface area contributed by atoms with E-state index in [1.807, 2.05) is 0 Å². The fourth-order valence-corrected chi connectivity index (χ4v) is 1.50. The summed E-state index contributed by atoms with van der Waals surface area (Å²) in [7, 11) is 2.06. The first-order valence-electron chi connectivity index (χ1n) is 5.96. The molecule has 1 N–H and O–H groups in total. The number of benzene rings is 1. The molecule has 0 saturated carbocycles. The van der Waals surface area contributed by atoms with Crippen molar-refractivity contribution in [2.75, 3.05) is 33.2 Å². The predicted molar refractivity (Wildman–Crippen MR) is 66.1 cm³/mol. The summed E-state index contributed by atoms with van der Waals surface area (Å²) >= 11 is 0. The maximum Gasteiger partial charge on any atom is 0.129 e. The molecule has 0 aliphatic carbocycles. The molecule has 96 valence electrons. The highest BCUT2D eigenvalue weighted by molar-refractivity contribution is 5.18. The van der Waals surface area contributed by atoms with Crippen molar-refractivity contribution in [3.05, 3.63) is 35.4 Å². The molecular weight excluding hydrogens is 222 g/mol. The lowest BCUT2D eigenvalue weighted by atomic mass is 10.1. The third-order valence-electron chi connectivity index (χ3n) is 2.80. The van der Waals surface area contributed by atoms with Crippen LogP contribution >= 0.6 is 0 Å². The van der Waals surface area contributed by atoms with Crippen LogP contribution in [0.1, 0.15) is 12.5 Å². The monoisotopic (exact) mass is 242 g/mol. The van der Waals surface area contributed by atoms with Crippen LogP contribution in [0.5, 0.6) is 0 Å². The van der Waals surface area contributed by atoms with Gasteiger partial charge in [0.25, 0.3) is 0 Å². The van der Waals surface area contributed by atoms with E-state index in [1.54, 1.807) is 0 Å². The van der Waals surface area contributed by atoms with Gasteiger partial charge in [-0.1, -0.05) is 13.0 Å². The molecular formula is C13H20F2N2. The minimum absolute atomic E-state index is 0.461. The van der Waals surface area contributed by atoms with Gasteiger partial charge in [0, 0.05) is 19.2 Å². The molecule has 0 aliphatic heterocycles. The van der Waals surface area contributed by atoms with E-state index in [9.17, 15) is 8.78 Å². The highest BCUT2D eigenvalue weighted by atomic mass is 19.1. The van der Waals surface area contributed by atoms with E-state index >= 15 is 0 Å². The predicted octanol–water partition coefficient (Wildman–Crippen LogP) is 2.05. The van der Waals surface area contributed by atoms with Gasteiger partial charge in [-0.3, -0.25) is 0 Å². The molecule has 0 unspecified atom stereocenters. The molecule has 0 bridgehead atoms. The van der Waals surface area contributed by atoms with Gasteiger partial charge in [0.1, 0.15) is 11.6 Å². The van der Waals surface area contributed by atoms with Gasteiger partial charge in [-0.05, 0) is 38.2 Å². The molecule has 0 amide bonds. The highest BCUT2D eigenvalue weighted by Crippen LogP contribution is 2.09. The number of rotatable bonds is 7. The second-order valence-electron chi connectivity index (χ2n) is 4.13. The Morgan fingerprint density at radius 3 is 2.65 bits per heavy atom. The summed E-state index contributed by atoms with van der Waals surface area (Å²) in [5.41, 5.74) is 0.558. The van der Waals surface area contributed by atoms with Gasteiger partial charge in [-0.15, -0.1) is 0 Å². The Balaban J connectivity index is 2.22. The van der Waals surface area contributed by atoms with E-state index in [-0.39, 0.29) is 0 Å². The topological polar surface area (TPSA) is 15.3 Å². The van der Waals surface area contributed by atoms with Crippen molar-refractivity contribution in [3.63, 3.8) is 0 Å². The van der Waals surface area contributed by atoms with Crippen LogP contribution < -0.4 is 5.32 Å². The molecule has 1 rings (SSSR count). The van der Waals surface area contributed by atoms with Crippen LogP contribution in [0.3, 0.4) is 0 Å². The lowest BCUT2D eigenvalue weighted by molar-refractivity contribution is 0.349. The molecule has 1 aromatic carbocycles. The summed E-state index contributed by atoms with van der Waals surface area (Å²) in [5, 5.41) is 3.24. The first kappa shape index (κ1) is 14.1. The Morgan fingerprint density at radius 2 is 2.00 bits per heavy atom. The van der Waals surface area contributed by atoms with E-state index in [0.717, 1.165) is 25.7 Å². The molecule has 0 heterocycles. The molecule has 0 spiro atoms. The van der Waals surface area contributed by atoms with Gasteiger partial charge in [-0.2, -0.15) is 0 Å². The lowest BCUT2D eigenvalue weighted by Gasteiger charge is -2.14. The first-order valence-corrected chi connectivity index (χ1v) is 5.96. The van der Waals surface area contributed by atoms with Crippen LogP contribution in [-0.4, -0.2) is 38.1 Å². The van der Waals surface area contributed by atoms with Gasteiger partial charge < -0.3 is 10.2 Å². The van der Waals surface area contributed by atoms with Crippen LogP contribution in [0.2, 0.25) is 0 Å². The average Bonchev–Trinajstić information content (AvgIpc) is 2.30. The number of hydrogen-bond acceptors (Lipinski definition) is 2. The van der Waals surface area contributed by atoms with E-state index in [0.29, 0.717) is 18.5 Å². The zero-order valence-electron chi connectivity index (χ0n) is 10.5. The van der Waals surface area contributed by atoms with Gasteiger partial charge in [0.05, 0.1) is 0 Å². The zero-order chi connectivity index (χ0) is 12.7. The Kier molecular flexibility index (Phi) is 6.08. The molecule has 0 atom stereocenters. The van der Waals surface area contributed by atoms with Crippen molar-refractivity contribution in [3.8, 4) is 0 Å². The van der Waals surface area contributed by atoms with E-state index in [4.69, 9.17) is 0 Å². The van der Waals surface area contributed by atoms with E-state index < -0.39 is 11.6 Å². The van der Waals surface area contributed by atoms with Crippen molar-refractivity contribution in [2.24, 2.45) is 0 Å². The van der Waals surface area contributed by atoms with Gasteiger partial charge >= 0.3 is 0 Å². The molecule has 0 fully saturated rings. The Bertz CT molecular complexity index is 342. The maximum atomic E-state index is 13.3. The Morgan fingerprint density at radius 1 is 1.24 bits per heavy atom. The normalized spacial score (nSPS) is 11.1. The van der Waals surface area contributed by atoms with Crippen LogP contribution in [-0.2, 0) is 6.42 Å². The first-order chi connectivity index (χ1) is 8.13. The molecule has 1 aromatic rings. The summed E-state index contributed by atoms with van der Waals surface area (Å²) in [6.45, 7) is 5.69. The van der Waals surface area contributed by atoms with Crippen LogP contribution in [0.25, 0.3) is 0 Å². The van der Waals surface area contributed by atoms with Crippen molar-refractivity contribution in [1.82, 2.24) is 10.2 Å². The fourth-order valence-electron chi connectivity index (χ4n) is 1.50. The minimum Gasteiger partial charge on any atom is -0.315 e. The van der Waals surface area contributed by atoms with Gasteiger partial charge in [-0.25, -0.2) is 8.78 Å². The highest BCUT2D eigenvalue weighted by Gasteiger charge is 2.03. The Hall–Kier alpha value is -1.00. The zero-order valence-corrected chi connectivity index (χ0v) is 10.5. The number of nitrogens with one attached hydrogen (secondary N) is 1. The number of likely N-dealkylation sites (N-methyl/N-ethyl adjacent to an activating group) is 1. The van der Waals surface area contributed by atoms with E-state index in [2.05, 4.69) is 24.2 Å². The molecule has 17 heavy (non-hydrogen) atoms. The molecule has 0 aromatic heterocycles. The van der Waals surface area contributed by atoms with E-state index in [1.165, 1.54) is 12.1 Å². The standard InChI is InChI=1S/C13H20F2N2/c1-3-17(2)9-8-16-7-6-11-4-5-12(14)10-13(11)15/h4-5,10,16H,3,6-9H2,1-2H3. The Labute approximate surface area is 102 Å². The van der Waals surface area contributed by atoms with Gasteiger partial charge in [0.2, 0.25) is 0 Å². The number of halogens is 2. The largest absolute Gasteiger partial charge is 0.315 e. The smallest absolute Gasteiger partial charge is 0.129 e. The second kappa shape index (κ2) is 7.35. The fraction of sp³-hybridized carbons (Fsp3) is 0.538. The molecule has 4 heteroatoms. The van der Waals surface area contributed by atoms with Gasteiger partial charge in [0.15, 0.2) is 0 Å². The molecule has 0 radical (unpaired) electrons. The van der Waals surface area contributed by atoms with Crippen molar-refractivity contribution in [1.29, 1.82) is 0 Å². The third kappa shape index (κ3) is 5.24. The summed E-state index contributed by atoms with van der Waals surface area (Å²) < 4.78 is 25.9. The summed E-state index contributed by atoms with van der Waals surface area (Å²) in [6, 6.07) is 3.73. The number of nitrogens with zero attached hydrogens (tertiary/aromatic N) is 1. The van der Waals surface area contributed by atoms with Crippen LogP contribution in [0.4, 0.5) is 8.78 Å². The minimum atomic E-state index is -0.524. The summed E-state index contributed by atoms with van der Waals surface area (Å²) in [6.07, 6.45) is 0.585. The quantitative estimate of drug-likeness (QED) is 0.736. The third-order valence-corrected chi connectivity index (χ3v) is 2.80. The molecule has 2 nitrogen and oxygen atoms in total. The van der Waals surface area contributed by atoms with Crippen LogP contribution in [0, 0.1) is 11.6 Å². The molecule has 0 aliphatic rings. The molecule has 0 saturated heterocycles. The second-order valence-corrected chi connectivity index (χ2v) is 4.13. The summed E-state index contributed by atoms with van der Waals surface area (Å²) in [5.74, 6) is -0.985. The van der Waals surface area contributed by atoms with Crippen LogP contribution in [0.15, 0.2) is 18.2 Å². The lowest BCUT2D eigenvalue weighted by Crippen LogP contribution is -2.30. The maximum absolute atomic E-state index is 13.3. The van der Waals surface area contributed by atoms with Crippen molar-refractivity contribution >= 4 is 0 Å². The van der Waals surface area contributed by atoms with Crippen molar-refractivity contribution < 1.29 is 8.78 Å². The number of hydrogen-bond donors (Lipinski definition) is 1. The average molecular weight is 242 g/mol. The van der Waals surface area contributed by atoms with Crippen molar-refractivity contribution in [2.45, 2.75) is 13.3 Å². The summed E-state index contributed by atoms with van der Waals surface area (Å²) in [4.78, 5) is 2.20.